The van der Waals surface area contributed by atoms with Crippen molar-refractivity contribution in [1.29, 1.82) is 0 Å². The minimum absolute atomic E-state index is 0.0483. The SMILES string of the molecule is CCCCC[C@@H](O)CC/C=C\C/C=C\C/C=C\C=C\[C@H](CCC(=O)O)OO. The number of hydrogen-bond donors (Lipinski definition) is 3. The number of aliphatic hydroxyl groups excluding tert-OH is 1. The lowest BCUT2D eigenvalue weighted by Crippen LogP contribution is -2.09. The molecule has 0 spiro atoms. The number of hydrogen-bond acceptors (Lipinski definition) is 4. The Labute approximate surface area is 163 Å². The van der Waals surface area contributed by atoms with Crippen molar-refractivity contribution in [3.8, 4) is 0 Å². The molecule has 0 bridgehead atoms. The van der Waals surface area contributed by atoms with E-state index in [1.54, 1.807) is 12.2 Å². The van der Waals surface area contributed by atoms with Crippen LogP contribution in [0.15, 0.2) is 48.6 Å². The van der Waals surface area contributed by atoms with E-state index in [2.05, 4.69) is 36.1 Å². The highest BCUT2D eigenvalue weighted by atomic mass is 17.1. The molecule has 0 aromatic heterocycles. The Morgan fingerprint density at radius 2 is 1.67 bits per heavy atom. The molecule has 0 aromatic carbocycles. The first-order chi connectivity index (χ1) is 13.1. The second-order valence-electron chi connectivity index (χ2n) is 6.53. The van der Waals surface area contributed by atoms with Crippen LogP contribution < -0.4 is 0 Å². The van der Waals surface area contributed by atoms with Gasteiger partial charge in [0.15, 0.2) is 0 Å². The largest absolute Gasteiger partial charge is 0.481 e. The Balaban J connectivity index is 3.74. The lowest BCUT2D eigenvalue weighted by Gasteiger charge is -2.07. The highest BCUT2D eigenvalue weighted by Crippen LogP contribution is 2.08. The van der Waals surface area contributed by atoms with Gasteiger partial charge < -0.3 is 10.2 Å². The van der Waals surface area contributed by atoms with Gasteiger partial charge in [0.05, 0.1) is 6.10 Å². The minimum Gasteiger partial charge on any atom is -0.481 e. The minimum atomic E-state index is -0.914. The van der Waals surface area contributed by atoms with Crippen LogP contribution in [0.5, 0.6) is 0 Å². The highest BCUT2D eigenvalue weighted by Gasteiger charge is 2.06. The first-order valence-corrected chi connectivity index (χ1v) is 9.93. The molecule has 154 valence electrons. The van der Waals surface area contributed by atoms with Crippen molar-refractivity contribution < 1.29 is 25.2 Å². The van der Waals surface area contributed by atoms with Crippen molar-refractivity contribution in [3.05, 3.63) is 48.6 Å². The van der Waals surface area contributed by atoms with Gasteiger partial charge in [0.25, 0.3) is 0 Å². The molecule has 0 unspecified atom stereocenters. The van der Waals surface area contributed by atoms with E-state index in [-0.39, 0.29) is 18.9 Å². The van der Waals surface area contributed by atoms with Crippen molar-refractivity contribution in [3.63, 3.8) is 0 Å². The summed E-state index contributed by atoms with van der Waals surface area (Å²) in [6.07, 6.45) is 22.8. The van der Waals surface area contributed by atoms with Crippen molar-refractivity contribution in [1.82, 2.24) is 0 Å². The molecular weight excluding hydrogens is 344 g/mol. The number of allylic oxidation sites excluding steroid dienone is 7. The van der Waals surface area contributed by atoms with Gasteiger partial charge in [0.2, 0.25) is 0 Å². The molecule has 0 amide bonds. The monoisotopic (exact) mass is 380 g/mol. The summed E-state index contributed by atoms with van der Waals surface area (Å²) in [5, 5.41) is 27.1. The Morgan fingerprint density at radius 3 is 2.33 bits per heavy atom. The summed E-state index contributed by atoms with van der Waals surface area (Å²) in [7, 11) is 0. The van der Waals surface area contributed by atoms with Gasteiger partial charge in [-0.3, -0.25) is 10.1 Å². The zero-order valence-corrected chi connectivity index (χ0v) is 16.5. The van der Waals surface area contributed by atoms with Crippen molar-refractivity contribution in [2.24, 2.45) is 0 Å². The van der Waals surface area contributed by atoms with Gasteiger partial charge >= 0.3 is 5.97 Å². The zero-order chi connectivity index (χ0) is 20.2. The molecule has 0 aliphatic heterocycles. The lowest BCUT2D eigenvalue weighted by atomic mass is 10.1. The molecule has 0 heterocycles. The standard InChI is InChI=1S/C22H36O5/c1-2-3-12-15-20(23)16-13-10-8-6-4-5-7-9-11-14-17-21(27-26)18-19-22(24)25/h4-5,8-11,14,17,20-21,23,26H,2-3,6-7,12-13,15-16,18-19H2,1H3,(H,24,25)/b5-4-,10-8-,11-9-,17-14+/t20-,21-/m1/s1. The number of aliphatic carboxylic acids is 1. The van der Waals surface area contributed by atoms with Gasteiger partial charge in [0, 0.05) is 6.42 Å². The predicted octanol–water partition coefficient (Wildman–Crippen LogP) is 5.44. The zero-order valence-electron chi connectivity index (χ0n) is 16.5. The van der Waals surface area contributed by atoms with E-state index in [0.29, 0.717) is 0 Å². The molecule has 2 atom stereocenters. The van der Waals surface area contributed by atoms with Crippen molar-refractivity contribution >= 4 is 5.97 Å². The molecule has 0 radical (unpaired) electrons. The lowest BCUT2D eigenvalue weighted by molar-refractivity contribution is -0.267. The van der Waals surface area contributed by atoms with Crippen molar-refractivity contribution in [2.45, 2.75) is 83.3 Å². The van der Waals surface area contributed by atoms with E-state index in [0.717, 1.165) is 38.5 Å². The van der Waals surface area contributed by atoms with Gasteiger partial charge in [-0.2, -0.15) is 0 Å². The van der Waals surface area contributed by atoms with Crippen LogP contribution in [0.1, 0.15) is 71.1 Å². The number of carbonyl (C=O) groups is 1. The van der Waals surface area contributed by atoms with E-state index in [1.165, 1.54) is 12.8 Å². The fourth-order valence-corrected chi connectivity index (χ4v) is 2.42. The molecule has 0 saturated carbocycles. The predicted molar refractivity (Wildman–Crippen MR) is 110 cm³/mol. The molecule has 0 fully saturated rings. The van der Waals surface area contributed by atoms with E-state index in [1.807, 2.05) is 12.2 Å². The average Bonchev–Trinajstić information content (AvgIpc) is 2.65. The Bertz CT molecular complexity index is 465. The topological polar surface area (TPSA) is 87.0 Å². The first-order valence-electron chi connectivity index (χ1n) is 9.93. The van der Waals surface area contributed by atoms with Gasteiger partial charge in [-0.15, -0.1) is 0 Å². The number of unbranched alkanes of at least 4 members (excludes halogenated alkanes) is 2. The molecule has 0 rings (SSSR count). The van der Waals surface area contributed by atoms with E-state index < -0.39 is 12.1 Å². The summed E-state index contributed by atoms with van der Waals surface area (Å²) >= 11 is 0. The smallest absolute Gasteiger partial charge is 0.303 e. The number of carboxylic acid groups (broad SMARTS) is 1. The maximum absolute atomic E-state index is 10.5. The van der Waals surface area contributed by atoms with E-state index >= 15 is 0 Å². The first kappa shape index (κ1) is 25.3. The summed E-state index contributed by atoms with van der Waals surface area (Å²) in [6.45, 7) is 2.17. The van der Waals surface area contributed by atoms with Crippen LogP contribution in [0.3, 0.4) is 0 Å². The second kappa shape index (κ2) is 19.1. The third kappa shape index (κ3) is 18.9. The van der Waals surface area contributed by atoms with Gasteiger partial charge in [-0.25, -0.2) is 4.89 Å². The molecule has 0 saturated heterocycles. The van der Waals surface area contributed by atoms with Gasteiger partial charge in [-0.05, 0) is 38.5 Å². The molecule has 0 aliphatic rings. The third-order valence-corrected chi connectivity index (χ3v) is 4.04. The van der Waals surface area contributed by atoms with E-state index in [9.17, 15) is 9.90 Å². The van der Waals surface area contributed by atoms with Gasteiger partial charge in [-0.1, -0.05) is 74.8 Å². The summed E-state index contributed by atoms with van der Waals surface area (Å²) in [5.41, 5.74) is 0. The van der Waals surface area contributed by atoms with Crippen LogP contribution in [0.4, 0.5) is 0 Å². The number of aliphatic hydroxyl groups is 1. The molecule has 5 heteroatoms. The highest BCUT2D eigenvalue weighted by molar-refractivity contribution is 5.66. The second-order valence-corrected chi connectivity index (χ2v) is 6.53. The molecule has 3 N–H and O–H groups in total. The Hall–Kier alpha value is -1.69. The summed E-state index contributed by atoms with van der Waals surface area (Å²) in [4.78, 5) is 14.7. The molecule has 5 nitrogen and oxygen atoms in total. The summed E-state index contributed by atoms with van der Waals surface area (Å²) in [5.74, 6) is -0.914. The van der Waals surface area contributed by atoms with Gasteiger partial charge in [0.1, 0.15) is 6.10 Å². The molecule has 0 aromatic rings. The van der Waals surface area contributed by atoms with Crippen LogP contribution in [-0.4, -0.2) is 33.6 Å². The summed E-state index contributed by atoms with van der Waals surface area (Å²) in [6, 6.07) is 0. The molecule has 0 aliphatic carbocycles. The number of rotatable bonds is 17. The number of carboxylic acids is 1. The fraction of sp³-hybridized carbons (Fsp3) is 0.591. The summed E-state index contributed by atoms with van der Waals surface area (Å²) < 4.78 is 0. The van der Waals surface area contributed by atoms with Crippen LogP contribution in [-0.2, 0) is 9.68 Å². The Kier molecular flexibility index (Phi) is 17.9. The van der Waals surface area contributed by atoms with Crippen LogP contribution in [0, 0.1) is 0 Å². The van der Waals surface area contributed by atoms with E-state index in [4.69, 9.17) is 10.4 Å². The third-order valence-electron chi connectivity index (χ3n) is 4.04. The van der Waals surface area contributed by atoms with Crippen molar-refractivity contribution in [2.75, 3.05) is 0 Å². The van der Waals surface area contributed by atoms with Crippen LogP contribution in [0.2, 0.25) is 0 Å². The molecular formula is C22H36O5. The normalized spacial score (nSPS) is 14.8. The van der Waals surface area contributed by atoms with Crippen LogP contribution in [0.25, 0.3) is 0 Å². The maximum atomic E-state index is 10.5. The molecule has 27 heavy (non-hydrogen) atoms. The average molecular weight is 381 g/mol. The maximum Gasteiger partial charge on any atom is 0.303 e. The quantitative estimate of drug-likeness (QED) is 0.103. The Morgan fingerprint density at radius 1 is 0.963 bits per heavy atom. The van der Waals surface area contributed by atoms with Crippen LogP contribution >= 0.6 is 0 Å². The fourth-order valence-electron chi connectivity index (χ4n) is 2.42.